The first kappa shape index (κ1) is 20.2. The van der Waals surface area contributed by atoms with Gasteiger partial charge in [-0.05, 0) is 18.1 Å². The summed E-state index contributed by atoms with van der Waals surface area (Å²) in [5.41, 5.74) is 2.43. The third kappa shape index (κ3) is 4.39. The largest absolute Gasteiger partial charge is 0.339 e. The van der Waals surface area contributed by atoms with E-state index in [2.05, 4.69) is 41.1 Å². The number of ketones is 1. The lowest BCUT2D eigenvalue weighted by Gasteiger charge is -2.21. The van der Waals surface area contributed by atoms with Gasteiger partial charge in [-0.3, -0.25) is 4.79 Å². The summed E-state index contributed by atoms with van der Waals surface area (Å²) in [7, 11) is 0. The number of hydrogen-bond donors (Lipinski definition) is 0. The number of nitrogens with zero attached hydrogens (tertiary/aromatic N) is 3. The Morgan fingerprint density at radius 2 is 1.83 bits per heavy atom. The van der Waals surface area contributed by atoms with Gasteiger partial charge in [-0.1, -0.05) is 67.5 Å². The summed E-state index contributed by atoms with van der Waals surface area (Å²) in [5.74, 6) is 1.10. The van der Waals surface area contributed by atoms with Gasteiger partial charge in [0, 0.05) is 36.1 Å². The molecule has 0 N–H and O–H groups in total. The number of thiazole rings is 1. The van der Waals surface area contributed by atoms with E-state index in [9.17, 15) is 4.79 Å². The van der Waals surface area contributed by atoms with Crippen LogP contribution in [-0.2, 0) is 5.41 Å². The predicted octanol–water partition coefficient (Wildman–Crippen LogP) is 6.11. The highest BCUT2D eigenvalue weighted by Gasteiger charge is 2.26. The Balaban J connectivity index is 1.45. The van der Waals surface area contributed by atoms with E-state index in [0.717, 1.165) is 21.9 Å². The van der Waals surface area contributed by atoms with Crippen molar-refractivity contribution in [2.45, 2.75) is 39.0 Å². The highest BCUT2D eigenvalue weighted by molar-refractivity contribution is 7.15. The van der Waals surface area contributed by atoms with Gasteiger partial charge >= 0.3 is 0 Å². The normalized spacial score (nSPS) is 11.6. The molecular weight excluding hydrogens is 394 g/mol. The Bertz CT molecular complexity index is 1160. The third-order valence-corrected chi connectivity index (χ3v) is 6.50. The molecule has 4 aromatic rings. The molecular formula is C24H23N3O2S. The van der Waals surface area contributed by atoms with Gasteiger partial charge in [0.25, 0.3) is 0 Å². The van der Waals surface area contributed by atoms with Crippen molar-refractivity contribution < 1.29 is 9.32 Å². The molecule has 0 saturated carbocycles. The molecule has 0 unspecified atom stereocenters. The number of benzene rings is 2. The van der Waals surface area contributed by atoms with Crippen molar-refractivity contribution in [1.82, 2.24) is 15.1 Å². The minimum Gasteiger partial charge on any atom is -0.339 e. The highest BCUT2D eigenvalue weighted by atomic mass is 32.1. The van der Waals surface area contributed by atoms with Crippen molar-refractivity contribution in [3.8, 4) is 21.8 Å². The molecule has 0 fully saturated rings. The number of hydrogen-bond acceptors (Lipinski definition) is 6. The van der Waals surface area contributed by atoms with Gasteiger partial charge in [-0.2, -0.15) is 4.98 Å². The molecule has 2 heterocycles. The zero-order valence-corrected chi connectivity index (χ0v) is 18.1. The summed E-state index contributed by atoms with van der Waals surface area (Å²) in [6.45, 7) is 6.04. The lowest BCUT2D eigenvalue weighted by atomic mass is 9.86. The maximum Gasteiger partial charge on any atom is 0.223 e. The van der Waals surface area contributed by atoms with Crippen LogP contribution in [0.5, 0.6) is 0 Å². The van der Waals surface area contributed by atoms with Crippen molar-refractivity contribution in [3.63, 3.8) is 0 Å². The van der Waals surface area contributed by atoms with E-state index in [1.54, 1.807) is 18.3 Å². The maximum absolute atomic E-state index is 12.9. The number of carbonyl (C=O) groups excluding carboxylic acids is 1. The Hall–Kier alpha value is -3.12. The topological polar surface area (TPSA) is 68.9 Å². The van der Waals surface area contributed by atoms with E-state index in [1.807, 2.05) is 48.7 Å². The van der Waals surface area contributed by atoms with Gasteiger partial charge in [0.05, 0.1) is 9.88 Å². The molecule has 30 heavy (non-hydrogen) atoms. The summed E-state index contributed by atoms with van der Waals surface area (Å²) < 4.78 is 5.04. The molecule has 4 rings (SSSR count). The fourth-order valence-electron chi connectivity index (χ4n) is 3.25. The Kier molecular flexibility index (Phi) is 5.59. The number of carbonyl (C=O) groups is 1. The average Bonchev–Trinajstić information content (AvgIpc) is 3.43. The van der Waals surface area contributed by atoms with Crippen molar-refractivity contribution in [2.24, 2.45) is 0 Å². The van der Waals surface area contributed by atoms with E-state index in [0.29, 0.717) is 23.7 Å². The summed E-state index contributed by atoms with van der Waals surface area (Å²) in [4.78, 5) is 22.9. The zero-order valence-electron chi connectivity index (χ0n) is 17.3. The first-order valence-electron chi connectivity index (χ1n) is 9.88. The van der Waals surface area contributed by atoms with Gasteiger partial charge in [-0.15, -0.1) is 11.3 Å². The van der Waals surface area contributed by atoms with E-state index in [-0.39, 0.29) is 11.2 Å². The molecule has 0 radical (unpaired) electrons. The van der Waals surface area contributed by atoms with E-state index >= 15 is 0 Å². The minimum atomic E-state index is -0.185. The summed E-state index contributed by atoms with van der Waals surface area (Å²) >= 11 is 1.69. The summed E-state index contributed by atoms with van der Waals surface area (Å²) in [6, 6.07) is 17.6. The van der Waals surface area contributed by atoms with Crippen LogP contribution in [0.1, 0.15) is 47.9 Å². The van der Waals surface area contributed by atoms with Crippen LogP contribution in [0.25, 0.3) is 21.8 Å². The van der Waals surface area contributed by atoms with Crippen LogP contribution in [-0.4, -0.2) is 20.9 Å². The fourth-order valence-corrected chi connectivity index (χ4v) is 4.30. The molecule has 5 nitrogen and oxygen atoms in total. The van der Waals surface area contributed by atoms with Crippen molar-refractivity contribution in [3.05, 3.63) is 77.3 Å². The Labute approximate surface area is 179 Å². The molecule has 0 spiro atoms. The number of Topliss-reactive ketones (excluding diaryl/α,β-unsaturated/α-hetero) is 1. The van der Waals surface area contributed by atoms with Gasteiger partial charge in [-0.25, -0.2) is 4.98 Å². The lowest BCUT2D eigenvalue weighted by molar-refractivity contribution is 0.0972. The van der Waals surface area contributed by atoms with Gasteiger partial charge in [0.1, 0.15) is 0 Å². The van der Waals surface area contributed by atoms with Crippen molar-refractivity contribution >= 4 is 17.1 Å². The van der Waals surface area contributed by atoms with Crippen LogP contribution < -0.4 is 0 Å². The van der Waals surface area contributed by atoms with Gasteiger partial charge in [0.15, 0.2) is 5.78 Å². The standard InChI is InChI=1S/C24H23N3O2S/c1-16-26-22(27-29-16)19-11-7-10-18(14-19)20(28)12-13-24(2,3)23-25-15-21(30-23)17-8-5-4-6-9-17/h4-11,14-15H,12-13H2,1-3H3. The predicted molar refractivity (Wildman–Crippen MR) is 119 cm³/mol. The second kappa shape index (κ2) is 8.32. The Morgan fingerprint density at radius 3 is 2.57 bits per heavy atom. The minimum absolute atomic E-state index is 0.102. The number of rotatable bonds is 7. The van der Waals surface area contributed by atoms with E-state index < -0.39 is 0 Å². The molecule has 0 aliphatic heterocycles. The molecule has 2 aromatic carbocycles. The number of aryl methyl sites for hydroxylation is 1. The molecule has 0 amide bonds. The van der Waals surface area contributed by atoms with Gasteiger partial charge < -0.3 is 4.52 Å². The Morgan fingerprint density at radius 1 is 1.07 bits per heavy atom. The van der Waals surface area contributed by atoms with Crippen LogP contribution in [0.2, 0.25) is 0 Å². The SMILES string of the molecule is Cc1nc(-c2cccc(C(=O)CCC(C)(C)c3ncc(-c4ccccc4)s3)c2)no1. The second-order valence-electron chi connectivity index (χ2n) is 7.92. The van der Waals surface area contributed by atoms with Crippen molar-refractivity contribution in [1.29, 1.82) is 0 Å². The van der Waals surface area contributed by atoms with Crippen LogP contribution >= 0.6 is 11.3 Å². The van der Waals surface area contributed by atoms with Gasteiger partial charge in [0.2, 0.25) is 11.7 Å². The van der Waals surface area contributed by atoms with Crippen LogP contribution in [0.3, 0.4) is 0 Å². The number of aromatic nitrogens is 3. The molecule has 0 aliphatic rings. The summed E-state index contributed by atoms with van der Waals surface area (Å²) in [6.07, 6.45) is 3.09. The second-order valence-corrected chi connectivity index (χ2v) is 8.95. The molecule has 2 aromatic heterocycles. The molecule has 6 heteroatoms. The van der Waals surface area contributed by atoms with E-state index in [1.165, 1.54) is 5.56 Å². The average molecular weight is 418 g/mol. The lowest BCUT2D eigenvalue weighted by Crippen LogP contribution is -2.18. The van der Waals surface area contributed by atoms with Crippen LogP contribution in [0.4, 0.5) is 0 Å². The highest BCUT2D eigenvalue weighted by Crippen LogP contribution is 2.36. The quantitative estimate of drug-likeness (QED) is 0.339. The van der Waals surface area contributed by atoms with E-state index in [4.69, 9.17) is 4.52 Å². The molecule has 152 valence electrons. The van der Waals surface area contributed by atoms with Crippen LogP contribution in [0.15, 0.2) is 65.3 Å². The molecule has 0 bridgehead atoms. The first-order chi connectivity index (χ1) is 14.4. The van der Waals surface area contributed by atoms with Crippen LogP contribution in [0, 0.1) is 6.92 Å². The fraction of sp³-hybridized carbons (Fsp3) is 0.250. The smallest absolute Gasteiger partial charge is 0.223 e. The monoisotopic (exact) mass is 417 g/mol. The van der Waals surface area contributed by atoms with Crippen molar-refractivity contribution in [2.75, 3.05) is 0 Å². The zero-order chi connectivity index (χ0) is 21.1. The summed E-state index contributed by atoms with van der Waals surface area (Å²) in [5, 5.41) is 4.98. The third-order valence-electron chi connectivity index (χ3n) is 5.09. The first-order valence-corrected chi connectivity index (χ1v) is 10.7. The maximum atomic E-state index is 12.9. The molecule has 0 atom stereocenters. The molecule has 0 aliphatic carbocycles. The molecule has 0 saturated heterocycles.